The van der Waals surface area contributed by atoms with Crippen molar-refractivity contribution >= 4 is 0 Å². The first-order chi connectivity index (χ1) is 7.65. The van der Waals surface area contributed by atoms with Crippen LogP contribution in [0.3, 0.4) is 0 Å². The molecule has 0 saturated carbocycles. The van der Waals surface area contributed by atoms with Crippen LogP contribution in [0, 0.1) is 0 Å². The fourth-order valence-electron chi connectivity index (χ4n) is 2.30. The van der Waals surface area contributed by atoms with Crippen molar-refractivity contribution in [1.29, 1.82) is 0 Å². The molecular formula is C12H26N2O2. The fraction of sp³-hybridized carbons (Fsp3) is 1.00. The van der Waals surface area contributed by atoms with Gasteiger partial charge in [-0.05, 0) is 27.2 Å². The predicted octanol–water partition coefficient (Wildman–Crippen LogP) is 0.850. The minimum absolute atomic E-state index is 0.207. The van der Waals surface area contributed by atoms with E-state index in [1.54, 1.807) is 0 Å². The molecule has 3 atom stereocenters. The largest absolute Gasteiger partial charge is 0.377 e. The van der Waals surface area contributed by atoms with E-state index in [9.17, 15) is 0 Å². The lowest BCUT2D eigenvalue weighted by atomic mass is 10.2. The van der Waals surface area contributed by atoms with E-state index >= 15 is 0 Å². The summed E-state index contributed by atoms with van der Waals surface area (Å²) in [6.07, 6.45) is 1.90. The molecule has 0 bridgehead atoms. The number of hydrogen-bond acceptors (Lipinski definition) is 4. The van der Waals surface area contributed by atoms with Gasteiger partial charge in [-0.15, -0.1) is 0 Å². The zero-order valence-corrected chi connectivity index (χ0v) is 10.8. The first-order valence-electron chi connectivity index (χ1n) is 6.35. The van der Waals surface area contributed by atoms with Crippen molar-refractivity contribution in [1.82, 2.24) is 4.90 Å². The van der Waals surface area contributed by atoms with Crippen molar-refractivity contribution in [3.05, 3.63) is 0 Å². The molecule has 0 aromatic rings. The molecule has 1 saturated heterocycles. The molecule has 0 spiro atoms. The van der Waals surface area contributed by atoms with Crippen molar-refractivity contribution < 1.29 is 9.47 Å². The average molecular weight is 230 g/mol. The monoisotopic (exact) mass is 230 g/mol. The van der Waals surface area contributed by atoms with E-state index in [2.05, 4.69) is 18.7 Å². The van der Waals surface area contributed by atoms with Gasteiger partial charge in [0.1, 0.15) is 0 Å². The SMILES string of the molecule is CCOC(CN)CCN1CC(C)OC(C)C1. The van der Waals surface area contributed by atoms with E-state index in [0.717, 1.165) is 32.7 Å². The summed E-state index contributed by atoms with van der Waals surface area (Å²) in [4.78, 5) is 2.44. The average Bonchev–Trinajstić information content (AvgIpc) is 2.23. The van der Waals surface area contributed by atoms with E-state index in [-0.39, 0.29) is 6.10 Å². The first kappa shape index (κ1) is 13.9. The molecular weight excluding hydrogens is 204 g/mol. The second-order valence-electron chi connectivity index (χ2n) is 4.62. The van der Waals surface area contributed by atoms with E-state index in [0.29, 0.717) is 18.8 Å². The van der Waals surface area contributed by atoms with Gasteiger partial charge in [-0.25, -0.2) is 0 Å². The van der Waals surface area contributed by atoms with Crippen LogP contribution in [0.4, 0.5) is 0 Å². The van der Waals surface area contributed by atoms with Crippen LogP contribution in [0.2, 0.25) is 0 Å². The Morgan fingerprint density at radius 1 is 1.38 bits per heavy atom. The third kappa shape index (κ3) is 4.78. The lowest BCUT2D eigenvalue weighted by molar-refractivity contribution is -0.0714. The summed E-state index contributed by atoms with van der Waals surface area (Å²) in [5, 5.41) is 0. The molecule has 1 aliphatic rings. The minimum atomic E-state index is 0.207. The van der Waals surface area contributed by atoms with Crippen LogP contribution in [0.15, 0.2) is 0 Å². The second-order valence-corrected chi connectivity index (χ2v) is 4.62. The Morgan fingerprint density at radius 3 is 2.50 bits per heavy atom. The highest BCUT2D eigenvalue weighted by molar-refractivity contribution is 4.74. The summed E-state index contributed by atoms with van der Waals surface area (Å²) in [7, 11) is 0. The Hall–Kier alpha value is -0.160. The molecule has 16 heavy (non-hydrogen) atoms. The smallest absolute Gasteiger partial charge is 0.0709 e. The van der Waals surface area contributed by atoms with Gasteiger partial charge in [0.2, 0.25) is 0 Å². The molecule has 4 nitrogen and oxygen atoms in total. The molecule has 3 unspecified atom stereocenters. The molecule has 4 heteroatoms. The zero-order chi connectivity index (χ0) is 12.0. The predicted molar refractivity (Wildman–Crippen MR) is 65.5 cm³/mol. The Morgan fingerprint density at radius 2 is 2.00 bits per heavy atom. The lowest BCUT2D eigenvalue weighted by Crippen LogP contribution is -2.46. The van der Waals surface area contributed by atoms with Crippen molar-refractivity contribution in [3.63, 3.8) is 0 Å². The molecule has 1 heterocycles. The molecule has 0 aliphatic carbocycles. The van der Waals surface area contributed by atoms with E-state index in [1.807, 2.05) is 6.92 Å². The number of morpholine rings is 1. The highest BCUT2D eigenvalue weighted by Gasteiger charge is 2.22. The van der Waals surface area contributed by atoms with Gasteiger partial charge in [0, 0.05) is 32.8 Å². The zero-order valence-electron chi connectivity index (χ0n) is 10.8. The van der Waals surface area contributed by atoms with Crippen LogP contribution in [-0.4, -0.2) is 56.0 Å². The number of hydrogen-bond donors (Lipinski definition) is 1. The lowest BCUT2D eigenvalue weighted by Gasteiger charge is -2.35. The number of rotatable bonds is 6. The molecule has 0 amide bonds. The number of nitrogens with zero attached hydrogens (tertiary/aromatic N) is 1. The first-order valence-corrected chi connectivity index (χ1v) is 6.35. The summed E-state index contributed by atoms with van der Waals surface area (Å²) >= 11 is 0. The molecule has 2 N–H and O–H groups in total. The summed E-state index contributed by atoms with van der Waals surface area (Å²) in [5.74, 6) is 0. The third-order valence-corrected chi connectivity index (χ3v) is 2.93. The summed E-state index contributed by atoms with van der Waals surface area (Å²) in [5.41, 5.74) is 5.66. The van der Waals surface area contributed by atoms with Gasteiger partial charge in [-0.2, -0.15) is 0 Å². The maximum absolute atomic E-state index is 5.70. The van der Waals surface area contributed by atoms with Crippen LogP contribution in [0.5, 0.6) is 0 Å². The van der Waals surface area contributed by atoms with Crippen molar-refractivity contribution in [3.8, 4) is 0 Å². The Kier molecular flexibility index (Phi) is 6.28. The molecule has 0 aromatic heterocycles. The topological polar surface area (TPSA) is 47.7 Å². The quantitative estimate of drug-likeness (QED) is 0.735. The Labute approximate surface area is 99.1 Å². The molecule has 96 valence electrons. The van der Waals surface area contributed by atoms with Gasteiger partial charge in [0.05, 0.1) is 18.3 Å². The van der Waals surface area contributed by atoms with Gasteiger partial charge in [-0.1, -0.05) is 0 Å². The van der Waals surface area contributed by atoms with Gasteiger partial charge < -0.3 is 15.2 Å². The molecule has 1 aliphatic heterocycles. The molecule has 1 rings (SSSR count). The summed E-state index contributed by atoms with van der Waals surface area (Å²) in [6, 6.07) is 0. The van der Waals surface area contributed by atoms with Crippen molar-refractivity contribution in [2.75, 3.05) is 32.8 Å². The van der Waals surface area contributed by atoms with E-state index in [4.69, 9.17) is 15.2 Å². The normalized spacial score (nSPS) is 29.2. The highest BCUT2D eigenvalue weighted by Crippen LogP contribution is 2.11. The van der Waals surface area contributed by atoms with Gasteiger partial charge in [-0.3, -0.25) is 4.90 Å². The maximum atomic E-state index is 5.70. The summed E-state index contributed by atoms with van der Waals surface area (Å²) in [6.45, 7) is 10.7. The number of ether oxygens (including phenoxy) is 2. The second kappa shape index (κ2) is 7.22. The minimum Gasteiger partial charge on any atom is -0.377 e. The summed E-state index contributed by atoms with van der Waals surface area (Å²) < 4.78 is 11.3. The van der Waals surface area contributed by atoms with Crippen LogP contribution >= 0.6 is 0 Å². The third-order valence-electron chi connectivity index (χ3n) is 2.93. The van der Waals surface area contributed by atoms with Gasteiger partial charge >= 0.3 is 0 Å². The molecule has 0 radical (unpaired) electrons. The van der Waals surface area contributed by atoms with E-state index in [1.165, 1.54) is 0 Å². The van der Waals surface area contributed by atoms with Crippen LogP contribution in [0.1, 0.15) is 27.2 Å². The fourth-order valence-corrected chi connectivity index (χ4v) is 2.30. The molecule has 1 fully saturated rings. The van der Waals surface area contributed by atoms with Crippen LogP contribution in [-0.2, 0) is 9.47 Å². The molecule has 0 aromatic carbocycles. The maximum Gasteiger partial charge on any atom is 0.0709 e. The Bertz CT molecular complexity index is 180. The van der Waals surface area contributed by atoms with E-state index < -0.39 is 0 Å². The van der Waals surface area contributed by atoms with Crippen molar-refractivity contribution in [2.45, 2.75) is 45.5 Å². The van der Waals surface area contributed by atoms with Crippen LogP contribution < -0.4 is 5.73 Å². The van der Waals surface area contributed by atoms with Gasteiger partial charge in [0.15, 0.2) is 0 Å². The van der Waals surface area contributed by atoms with Crippen molar-refractivity contribution in [2.24, 2.45) is 5.73 Å². The van der Waals surface area contributed by atoms with Gasteiger partial charge in [0.25, 0.3) is 0 Å². The Balaban J connectivity index is 2.25. The van der Waals surface area contributed by atoms with Crippen LogP contribution in [0.25, 0.3) is 0 Å². The number of nitrogens with two attached hydrogens (primary N) is 1. The highest BCUT2D eigenvalue weighted by atomic mass is 16.5. The standard InChI is InChI=1S/C12H26N2O2/c1-4-15-12(7-13)5-6-14-8-10(2)16-11(3)9-14/h10-12H,4-9,13H2,1-3H3.